The number of benzene rings is 10. The Balaban J connectivity index is 1.23. The van der Waals surface area contributed by atoms with Crippen LogP contribution in [-0.2, 0) is 25.7 Å². The van der Waals surface area contributed by atoms with Gasteiger partial charge < -0.3 is 0 Å². The van der Waals surface area contributed by atoms with Crippen LogP contribution in [0.4, 0.5) is 0 Å². The predicted molar refractivity (Wildman–Crippen MR) is 215 cm³/mol. The molecule has 232 valence electrons. The highest BCUT2D eigenvalue weighted by Gasteiger charge is 2.21. The largest absolute Gasteiger partial charge is 0.0616 e. The van der Waals surface area contributed by atoms with E-state index < -0.39 is 0 Å². The smallest absolute Gasteiger partial charge is 0.00137 e. The van der Waals surface area contributed by atoms with Gasteiger partial charge in [0.2, 0.25) is 0 Å². The standard InChI is InChI=1S/C50H32/c1-3-11-43-37(9-1)39-25-21-33(35-23-19-31-17-15-29-7-5-13-41(35)47(29)31)27-45(39)50-44-12-4-2-10-38(44)40-26-22-34(28-46(40)49(43)50)36-24-20-32-18-16-30-8-6-14-42(36)48(30)32/h1-14,19-28H,15-18H2. The summed E-state index contributed by atoms with van der Waals surface area (Å²) in [7, 11) is 0. The van der Waals surface area contributed by atoms with Crippen LogP contribution in [0.15, 0.2) is 146 Å². The summed E-state index contributed by atoms with van der Waals surface area (Å²) in [5.41, 5.74) is 11.2. The Kier molecular flexibility index (Phi) is 5.28. The van der Waals surface area contributed by atoms with Gasteiger partial charge in [-0.2, -0.15) is 0 Å². The first-order valence-electron chi connectivity index (χ1n) is 18.1. The fourth-order valence-corrected chi connectivity index (χ4v) is 10.0. The first-order valence-corrected chi connectivity index (χ1v) is 18.1. The van der Waals surface area contributed by atoms with E-state index in [4.69, 9.17) is 0 Å². The lowest BCUT2D eigenvalue weighted by Gasteiger charge is -2.18. The molecule has 0 heterocycles. The molecule has 0 unspecified atom stereocenters. The zero-order valence-electron chi connectivity index (χ0n) is 27.7. The van der Waals surface area contributed by atoms with Gasteiger partial charge in [0.25, 0.3) is 0 Å². The lowest BCUT2D eigenvalue weighted by molar-refractivity contribution is 1.02. The van der Waals surface area contributed by atoms with Gasteiger partial charge in [-0.05, 0) is 158 Å². The zero-order valence-corrected chi connectivity index (χ0v) is 27.7. The summed E-state index contributed by atoms with van der Waals surface area (Å²) >= 11 is 0. The Morgan fingerprint density at radius 2 is 0.620 bits per heavy atom. The maximum Gasteiger partial charge on any atom is -0.00137 e. The molecule has 12 rings (SSSR count). The number of fused-ring (bicyclic) bond motifs is 11. The molecule has 0 saturated carbocycles. The molecule has 2 aliphatic carbocycles. The van der Waals surface area contributed by atoms with Gasteiger partial charge in [0.15, 0.2) is 0 Å². The van der Waals surface area contributed by atoms with Crippen LogP contribution < -0.4 is 0 Å². The van der Waals surface area contributed by atoms with Crippen LogP contribution in [0.1, 0.15) is 22.3 Å². The van der Waals surface area contributed by atoms with Crippen molar-refractivity contribution in [2.75, 3.05) is 0 Å². The Bertz CT molecular complexity index is 2910. The minimum atomic E-state index is 1.15. The van der Waals surface area contributed by atoms with E-state index in [2.05, 4.69) is 146 Å². The first kappa shape index (κ1) is 26.9. The minimum absolute atomic E-state index is 1.15. The van der Waals surface area contributed by atoms with E-state index in [1.165, 1.54) is 120 Å². The van der Waals surface area contributed by atoms with Crippen LogP contribution in [0.2, 0.25) is 0 Å². The van der Waals surface area contributed by atoms with E-state index >= 15 is 0 Å². The molecule has 0 radical (unpaired) electrons. The monoisotopic (exact) mass is 632 g/mol. The molecule has 0 N–H and O–H groups in total. The third-order valence-electron chi connectivity index (χ3n) is 12.2. The molecule has 0 heteroatoms. The van der Waals surface area contributed by atoms with Crippen molar-refractivity contribution in [3.05, 3.63) is 168 Å². The highest BCUT2D eigenvalue weighted by molar-refractivity contribution is 6.40. The molecule has 2 aliphatic rings. The van der Waals surface area contributed by atoms with Crippen LogP contribution in [-0.4, -0.2) is 0 Å². The Morgan fingerprint density at radius 3 is 1.08 bits per heavy atom. The molecule has 0 fully saturated rings. The summed E-state index contributed by atoms with van der Waals surface area (Å²) in [6.45, 7) is 0. The van der Waals surface area contributed by atoms with Crippen molar-refractivity contribution in [3.8, 4) is 22.3 Å². The molecule has 0 saturated heterocycles. The highest BCUT2D eigenvalue weighted by atomic mass is 14.2. The molecule has 10 aromatic rings. The Morgan fingerprint density at radius 1 is 0.240 bits per heavy atom. The maximum atomic E-state index is 2.49. The first-order chi connectivity index (χ1) is 24.8. The van der Waals surface area contributed by atoms with E-state index in [1.807, 2.05) is 0 Å². The van der Waals surface area contributed by atoms with E-state index in [0.29, 0.717) is 0 Å². The summed E-state index contributed by atoms with van der Waals surface area (Å²) in [5, 5.41) is 19.0. The van der Waals surface area contributed by atoms with E-state index in [1.54, 1.807) is 0 Å². The number of hydrogen-bond donors (Lipinski definition) is 0. The molecule has 0 spiro atoms. The second-order valence-electron chi connectivity index (χ2n) is 14.6. The van der Waals surface area contributed by atoms with Gasteiger partial charge >= 0.3 is 0 Å². The topological polar surface area (TPSA) is 0 Å². The average molecular weight is 633 g/mol. The fraction of sp³-hybridized carbons (Fsp3) is 0.0800. The van der Waals surface area contributed by atoms with E-state index in [-0.39, 0.29) is 0 Å². The molecule has 50 heavy (non-hydrogen) atoms. The quantitative estimate of drug-likeness (QED) is 0.166. The summed E-state index contributed by atoms with van der Waals surface area (Å²) in [5.74, 6) is 0. The molecule has 0 aliphatic heterocycles. The fourth-order valence-electron chi connectivity index (χ4n) is 10.0. The minimum Gasteiger partial charge on any atom is -0.0616 e. The van der Waals surface area contributed by atoms with Gasteiger partial charge in [-0.15, -0.1) is 0 Å². The SMILES string of the molecule is c1cc2c3c(ccc(-c4ccc5c6ccccc6c6c7cc(-c8ccc9c%10c(cccc8%10)CC9)ccc7c7ccccc7c6c5c4)c3c1)CC2. The Hall–Kier alpha value is -5.98. The van der Waals surface area contributed by atoms with Crippen LogP contribution in [0.5, 0.6) is 0 Å². The summed E-state index contributed by atoms with van der Waals surface area (Å²) in [4.78, 5) is 0. The lowest BCUT2D eigenvalue weighted by Crippen LogP contribution is -1.91. The van der Waals surface area contributed by atoms with Crippen molar-refractivity contribution in [1.82, 2.24) is 0 Å². The van der Waals surface area contributed by atoms with Crippen LogP contribution in [0.25, 0.3) is 97.7 Å². The molecule has 10 aromatic carbocycles. The zero-order chi connectivity index (χ0) is 32.5. The van der Waals surface area contributed by atoms with Crippen molar-refractivity contribution >= 4 is 75.4 Å². The van der Waals surface area contributed by atoms with Crippen molar-refractivity contribution in [2.24, 2.45) is 0 Å². The second-order valence-corrected chi connectivity index (χ2v) is 14.6. The lowest BCUT2D eigenvalue weighted by atomic mass is 9.85. The molecular formula is C50H32. The summed E-state index contributed by atoms with van der Waals surface area (Å²) in [6.07, 6.45) is 4.58. The van der Waals surface area contributed by atoms with Gasteiger partial charge in [0.1, 0.15) is 0 Å². The molecule has 0 atom stereocenters. The predicted octanol–water partition coefficient (Wildman–Crippen LogP) is 13.3. The van der Waals surface area contributed by atoms with Gasteiger partial charge in [-0.3, -0.25) is 0 Å². The number of rotatable bonds is 2. The number of hydrogen-bond acceptors (Lipinski definition) is 0. The van der Waals surface area contributed by atoms with Gasteiger partial charge in [-0.1, -0.05) is 133 Å². The molecule has 0 aromatic heterocycles. The van der Waals surface area contributed by atoms with Gasteiger partial charge in [0, 0.05) is 0 Å². The second kappa shape index (κ2) is 9.80. The van der Waals surface area contributed by atoms with E-state index in [9.17, 15) is 0 Å². The van der Waals surface area contributed by atoms with Crippen LogP contribution >= 0.6 is 0 Å². The highest BCUT2D eigenvalue weighted by Crippen LogP contribution is 2.47. The average Bonchev–Trinajstić information content (AvgIpc) is 3.81. The van der Waals surface area contributed by atoms with E-state index in [0.717, 1.165) is 25.7 Å². The number of aryl methyl sites for hydroxylation is 4. The van der Waals surface area contributed by atoms with Crippen molar-refractivity contribution in [1.29, 1.82) is 0 Å². The third-order valence-corrected chi connectivity index (χ3v) is 12.2. The molecule has 0 bridgehead atoms. The maximum absolute atomic E-state index is 2.49. The van der Waals surface area contributed by atoms with Gasteiger partial charge in [0.05, 0.1) is 0 Å². The summed E-state index contributed by atoms with van der Waals surface area (Å²) in [6, 6.07) is 55.9. The third kappa shape index (κ3) is 3.51. The normalized spacial score (nSPS) is 13.7. The summed E-state index contributed by atoms with van der Waals surface area (Å²) < 4.78 is 0. The Labute approximate surface area is 290 Å². The van der Waals surface area contributed by atoms with Crippen LogP contribution in [0, 0.1) is 0 Å². The van der Waals surface area contributed by atoms with Crippen molar-refractivity contribution < 1.29 is 0 Å². The molecule has 0 amide bonds. The van der Waals surface area contributed by atoms with Crippen molar-refractivity contribution in [2.45, 2.75) is 25.7 Å². The van der Waals surface area contributed by atoms with Crippen molar-refractivity contribution in [3.63, 3.8) is 0 Å². The molecule has 0 nitrogen and oxygen atoms in total. The van der Waals surface area contributed by atoms with Gasteiger partial charge in [-0.25, -0.2) is 0 Å². The van der Waals surface area contributed by atoms with Crippen LogP contribution in [0.3, 0.4) is 0 Å². The molecular weight excluding hydrogens is 601 g/mol.